The fraction of sp³-hybridized carbons (Fsp3) is 0.455. The van der Waals surface area contributed by atoms with Gasteiger partial charge >= 0.3 is 12.8 Å². The van der Waals surface area contributed by atoms with Gasteiger partial charge in [0, 0.05) is 28.4 Å². The van der Waals surface area contributed by atoms with E-state index in [0.717, 1.165) is 10.8 Å². The molecule has 0 spiro atoms. The van der Waals surface area contributed by atoms with Gasteiger partial charge in [0.25, 0.3) is 0 Å². The molecule has 4 unspecified atom stereocenters. The van der Waals surface area contributed by atoms with Gasteiger partial charge in [0.1, 0.15) is 10.6 Å². The Kier molecular flexibility index (Phi) is 12.2. The van der Waals surface area contributed by atoms with E-state index in [4.69, 9.17) is 5.21 Å². The maximum atomic E-state index is 13.6. The van der Waals surface area contributed by atoms with Crippen LogP contribution in [0.15, 0.2) is 35.5 Å². The van der Waals surface area contributed by atoms with E-state index in [9.17, 15) is 39.7 Å². The van der Waals surface area contributed by atoms with E-state index >= 15 is 0 Å². The van der Waals surface area contributed by atoms with E-state index in [1.165, 1.54) is 31.6 Å². The lowest BCUT2D eigenvalue weighted by molar-refractivity contribution is -0.905. The quantitative estimate of drug-likeness (QED) is 0.229. The summed E-state index contributed by atoms with van der Waals surface area (Å²) in [5.74, 6) is -6.39. The van der Waals surface area contributed by atoms with E-state index in [2.05, 4.69) is 14.8 Å². The number of pyridine rings is 1. The van der Waals surface area contributed by atoms with Crippen LogP contribution in [0.5, 0.6) is 5.75 Å². The molecule has 2 N–H and O–H groups in total. The Labute approximate surface area is 210 Å². The first kappa shape index (κ1) is 32.1. The molecule has 0 saturated carbocycles. The first-order chi connectivity index (χ1) is 17.3. The number of carbonyl (C=O) groups excluding carboxylic acids is 1. The molecule has 1 saturated heterocycles. The van der Waals surface area contributed by atoms with Crippen molar-refractivity contribution >= 4 is 22.9 Å². The Morgan fingerprint density at radius 3 is 2.35 bits per heavy atom. The van der Waals surface area contributed by atoms with Crippen LogP contribution < -0.4 is 14.8 Å². The van der Waals surface area contributed by atoms with Crippen molar-refractivity contribution in [2.45, 2.75) is 50.5 Å². The van der Waals surface area contributed by atoms with Crippen molar-refractivity contribution in [3.63, 3.8) is 0 Å². The summed E-state index contributed by atoms with van der Waals surface area (Å²) in [7, 11) is -1.19. The van der Waals surface area contributed by atoms with E-state index in [0.29, 0.717) is 23.1 Å². The molecule has 1 aromatic heterocycles. The average Bonchev–Trinajstić information content (AvgIpc) is 3.20. The largest absolute Gasteiger partial charge is 0.431 e. The van der Waals surface area contributed by atoms with Crippen molar-refractivity contribution in [1.82, 2.24) is 0 Å². The summed E-state index contributed by atoms with van der Waals surface area (Å²) in [4.78, 5) is 10.5. The molecular formula is C22H26F7N2O5S+. The first-order valence-corrected chi connectivity index (χ1v) is 12.2. The maximum Gasteiger partial charge on any atom is 0.414 e. The fourth-order valence-corrected chi connectivity index (χ4v) is 3.93. The molecule has 0 bridgehead atoms. The standard InChI is InChI=1S/C13H11F7O2.C7H8N2O3S.C2H6/c1-5-7(4-21-11(5)13(18,19)20)6-2-3-8(14)9(15)10(6)22-12(16)17;1-13(12)7-2-6(8-5-10)3-9(11)4-7;1-2/h2-3,5,7,11-12H,4H2,1H3;2-5H,1H3,(H-,8,10,11);1-2H3/p+1. The Hall–Kier alpha value is -2.94. The normalized spacial score (nSPS) is 19.7. The third-order valence-electron chi connectivity index (χ3n) is 4.96. The smallest absolute Gasteiger partial charge is 0.414 e. The maximum absolute atomic E-state index is 13.6. The molecule has 0 radical (unpaired) electrons. The minimum Gasteiger partial charge on any atom is -0.431 e. The number of rotatable bonds is 6. The number of ether oxygens (including phenoxy) is 2. The van der Waals surface area contributed by atoms with Crippen molar-refractivity contribution in [1.29, 1.82) is 0 Å². The molecule has 0 aliphatic carbocycles. The van der Waals surface area contributed by atoms with E-state index in [1.807, 2.05) is 13.8 Å². The Morgan fingerprint density at radius 2 is 1.86 bits per heavy atom. The minimum atomic E-state index is -4.64. The number of amides is 1. The highest BCUT2D eigenvalue weighted by atomic mass is 32.2. The highest BCUT2D eigenvalue weighted by molar-refractivity contribution is 7.84. The molecule has 1 aliphatic heterocycles. The highest BCUT2D eigenvalue weighted by Gasteiger charge is 2.51. The third-order valence-corrected chi connectivity index (χ3v) is 5.85. The molecule has 2 heterocycles. The molecule has 37 heavy (non-hydrogen) atoms. The zero-order chi connectivity index (χ0) is 28.5. The Bertz CT molecular complexity index is 1070. The lowest BCUT2D eigenvalue weighted by Crippen LogP contribution is -2.33. The SMILES string of the molecule is CC.CC1C(c2ccc(F)c(F)c2OC(F)F)COC1C(F)(F)F.CS(=O)c1cc(NC=O)c[n+](O)c1. The summed E-state index contributed by atoms with van der Waals surface area (Å²) in [5, 5.41) is 11.4. The molecule has 15 heteroatoms. The topological polar surface area (TPSA) is 88.7 Å². The van der Waals surface area contributed by atoms with Gasteiger partial charge in [-0.05, 0) is 12.1 Å². The van der Waals surface area contributed by atoms with Crippen LogP contribution in [0.2, 0.25) is 0 Å². The Morgan fingerprint density at radius 1 is 1.24 bits per heavy atom. The van der Waals surface area contributed by atoms with Crippen molar-refractivity contribution < 1.29 is 59.1 Å². The van der Waals surface area contributed by atoms with Gasteiger partial charge in [0.15, 0.2) is 17.7 Å². The predicted octanol–water partition coefficient (Wildman–Crippen LogP) is 4.79. The van der Waals surface area contributed by atoms with Crippen molar-refractivity contribution in [3.05, 3.63) is 47.8 Å². The monoisotopic (exact) mass is 563 g/mol. The van der Waals surface area contributed by atoms with E-state index in [-0.39, 0.29) is 5.56 Å². The molecule has 3 rings (SSSR count). The van der Waals surface area contributed by atoms with E-state index < -0.39 is 65.5 Å². The van der Waals surface area contributed by atoms with E-state index in [1.54, 1.807) is 0 Å². The number of nitrogens with one attached hydrogen (secondary N) is 1. The number of anilines is 1. The molecule has 1 amide bonds. The van der Waals surface area contributed by atoms with Crippen LogP contribution in [0.1, 0.15) is 32.3 Å². The van der Waals surface area contributed by atoms with Crippen LogP contribution in [0, 0.1) is 17.6 Å². The van der Waals surface area contributed by atoms with Crippen molar-refractivity contribution in [2.24, 2.45) is 5.92 Å². The van der Waals surface area contributed by atoms with Crippen LogP contribution in [0.25, 0.3) is 0 Å². The number of halogens is 7. The summed E-state index contributed by atoms with van der Waals surface area (Å²) >= 11 is 0. The second-order valence-corrected chi connectivity index (χ2v) is 8.66. The van der Waals surface area contributed by atoms with Gasteiger partial charge in [-0.3, -0.25) is 14.2 Å². The molecule has 208 valence electrons. The van der Waals surface area contributed by atoms with Crippen molar-refractivity contribution in [2.75, 3.05) is 18.2 Å². The average molecular weight is 564 g/mol. The molecule has 1 fully saturated rings. The number of hydrogen-bond donors (Lipinski definition) is 2. The number of aromatic nitrogens is 1. The second-order valence-electron chi connectivity index (χ2n) is 7.28. The van der Waals surface area contributed by atoms with Crippen LogP contribution in [0.4, 0.5) is 36.4 Å². The number of hydrogen-bond acceptors (Lipinski definition) is 5. The van der Waals surface area contributed by atoms with Gasteiger partial charge in [0.2, 0.25) is 24.6 Å². The second kappa shape index (κ2) is 14.1. The van der Waals surface area contributed by atoms with Crippen LogP contribution >= 0.6 is 0 Å². The summed E-state index contributed by atoms with van der Waals surface area (Å²) in [6.45, 7) is 1.30. The highest BCUT2D eigenvalue weighted by Crippen LogP contribution is 2.45. The summed E-state index contributed by atoms with van der Waals surface area (Å²) in [6, 6.07) is 3.10. The van der Waals surface area contributed by atoms with Crippen LogP contribution in [0.3, 0.4) is 0 Å². The lowest BCUT2D eigenvalue weighted by atomic mass is 9.86. The number of alkyl halides is 5. The Balaban J connectivity index is 0.000000389. The molecule has 1 aromatic carbocycles. The predicted molar refractivity (Wildman–Crippen MR) is 118 cm³/mol. The lowest BCUT2D eigenvalue weighted by Gasteiger charge is -2.22. The molecule has 2 aromatic rings. The number of benzene rings is 1. The number of nitrogens with zero attached hydrogens (tertiary/aromatic N) is 1. The first-order valence-electron chi connectivity index (χ1n) is 10.7. The van der Waals surface area contributed by atoms with Crippen molar-refractivity contribution in [3.8, 4) is 5.75 Å². The number of carbonyl (C=O) groups is 1. The van der Waals surface area contributed by atoms with Gasteiger partial charge in [0.05, 0.1) is 17.4 Å². The van der Waals surface area contributed by atoms with Gasteiger partial charge < -0.3 is 14.8 Å². The molecule has 7 nitrogen and oxygen atoms in total. The molecule has 1 aliphatic rings. The van der Waals surface area contributed by atoms with Gasteiger partial charge in [-0.1, -0.05) is 26.8 Å². The fourth-order valence-electron chi connectivity index (χ4n) is 3.38. The zero-order valence-corrected chi connectivity index (χ0v) is 20.9. The zero-order valence-electron chi connectivity index (χ0n) is 20.1. The van der Waals surface area contributed by atoms with Crippen LogP contribution in [-0.2, 0) is 20.3 Å². The molecular weight excluding hydrogens is 537 g/mol. The summed E-state index contributed by atoms with van der Waals surface area (Å²) < 4.78 is 110. The van der Waals surface area contributed by atoms with Gasteiger partial charge in [-0.2, -0.15) is 26.3 Å². The summed E-state index contributed by atoms with van der Waals surface area (Å²) in [5.41, 5.74) is 0.114. The third kappa shape index (κ3) is 8.84. The summed E-state index contributed by atoms with van der Waals surface area (Å²) in [6.07, 6.45) is -2.17. The van der Waals surface area contributed by atoms with Crippen LogP contribution in [-0.4, -0.2) is 47.6 Å². The van der Waals surface area contributed by atoms with Gasteiger partial charge in [-0.25, -0.2) is 4.39 Å². The van der Waals surface area contributed by atoms with Gasteiger partial charge in [-0.15, -0.1) is 0 Å². The molecule has 4 atom stereocenters. The minimum absolute atomic E-state index is 0.279.